The van der Waals surface area contributed by atoms with Crippen molar-refractivity contribution in [1.29, 1.82) is 0 Å². The van der Waals surface area contributed by atoms with Crippen LogP contribution in [-0.4, -0.2) is 43.7 Å². The maximum Gasteiger partial charge on any atom is 0.234 e. The highest BCUT2D eigenvalue weighted by Gasteiger charge is 2.30. The average Bonchev–Trinajstić information content (AvgIpc) is 3.25. The number of nitrogen functional groups attached to an aromatic ring is 1. The summed E-state index contributed by atoms with van der Waals surface area (Å²) in [5, 5.41) is 2.86. The predicted octanol–water partition coefficient (Wildman–Crippen LogP) is 0.996. The Hall–Kier alpha value is -1.59. The van der Waals surface area contributed by atoms with Gasteiger partial charge in [-0.1, -0.05) is 18.2 Å². The van der Waals surface area contributed by atoms with Crippen LogP contribution in [0.25, 0.3) is 0 Å². The van der Waals surface area contributed by atoms with Gasteiger partial charge in [-0.2, -0.15) is 0 Å². The van der Waals surface area contributed by atoms with Gasteiger partial charge in [-0.05, 0) is 24.5 Å². The van der Waals surface area contributed by atoms with Crippen LogP contribution in [0, 0.1) is 0 Å². The lowest BCUT2D eigenvalue weighted by Crippen LogP contribution is -2.39. The number of benzene rings is 1. The lowest BCUT2D eigenvalue weighted by Gasteiger charge is -2.22. The lowest BCUT2D eigenvalue weighted by atomic mass is 10.1. The van der Waals surface area contributed by atoms with Crippen LogP contribution >= 0.6 is 0 Å². The van der Waals surface area contributed by atoms with Crippen molar-refractivity contribution < 1.29 is 9.53 Å². The largest absolute Gasteiger partial charge is 0.398 e. The molecule has 0 radical (unpaired) electrons. The summed E-state index contributed by atoms with van der Waals surface area (Å²) < 4.78 is 4.92. The quantitative estimate of drug-likeness (QED) is 0.549. The molecule has 110 valence electrons. The maximum atomic E-state index is 11.9. The first-order valence-corrected chi connectivity index (χ1v) is 7.03. The second-order valence-electron chi connectivity index (χ2n) is 5.18. The minimum Gasteiger partial charge on any atom is -0.398 e. The number of nitrogens with zero attached hydrogens (tertiary/aromatic N) is 1. The number of nitrogens with one attached hydrogen (secondary N) is 1. The van der Waals surface area contributed by atoms with Crippen LogP contribution < -0.4 is 11.1 Å². The van der Waals surface area contributed by atoms with Gasteiger partial charge in [0.2, 0.25) is 5.91 Å². The Balaban J connectivity index is 1.88. The summed E-state index contributed by atoms with van der Waals surface area (Å²) in [6.07, 6.45) is 2.33. The molecule has 20 heavy (non-hydrogen) atoms. The fourth-order valence-electron chi connectivity index (χ4n) is 2.18. The Morgan fingerprint density at radius 1 is 1.45 bits per heavy atom. The van der Waals surface area contributed by atoms with E-state index in [0.29, 0.717) is 25.7 Å². The van der Waals surface area contributed by atoms with Gasteiger partial charge in [-0.3, -0.25) is 9.69 Å². The molecular weight excluding hydrogens is 254 g/mol. The monoisotopic (exact) mass is 277 g/mol. The number of para-hydroxylation sites is 1. The number of rotatable bonds is 8. The van der Waals surface area contributed by atoms with E-state index in [0.717, 1.165) is 30.6 Å². The molecule has 0 unspecified atom stereocenters. The zero-order valence-corrected chi connectivity index (χ0v) is 12.0. The predicted molar refractivity (Wildman–Crippen MR) is 79.2 cm³/mol. The van der Waals surface area contributed by atoms with Crippen molar-refractivity contribution in [3.05, 3.63) is 29.8 Å². The molecule has 5 heteroatoms. The fraction of sp³-hybridized carbons (Fsp3) is 0.533. The third-order valence-corrected chi connectivity index (χ3v) is 3.47. The molecule has 1 saturated carbocycles. The number of nitrogens with two attached hydrogens (primary N) is 1. The summed E-state index contributed by atoms with van der Waals surface area (Å²) in [7, 11) is 1.63. The Morgan fingerprint density at radius 2 is 2.20 bits per heavy atom. The number of anilines is 1. The number of methoxy groups -OCH3 is 1. The van der Waals surface area contributed by atoms with Crippen molar-refractivity contribution in [3.63, 3.8) is 0 Å². The van der Waals surface area contributed by atoms with Crippen LogP contribution in [0.2, 0.25) is 0 Å². The number of carbonyl (C=O) groups is 1. The van der Waals surface area contributed by atoms with Crippen molar-refractivity contribution in [2.75, 3.05) is 32.5 Å². The highest BCUT2D eigenvalue weighted by Crippen LogP contribution is 2.28. The van der Waals surface area contributed by atoms with Crippen LogP contribution in [0.5, 0.6) is 0 Å². The van der Waals surface area contributed by atoms with Crippen LogP contribution in [0.4, 0.5) is 5.69 Å². The highest BCUT2D eigenvalue weighted by molar-refractivity contribution is 5.78. The van der Waals surface area contributed by atoms with Crippen LogP contribution in [0.3, 0.4) is 0 Å². The lowest BCUT2D eigenvalue weighted by molar-refractivity contribution is -0.122. The third kappa shape index (κ3) is 4.51. The summed E-state index contributed by atoms with van der Waals surface area (Å²) in [4.78, 5) is 14.1. The highest BCUT2D eigenvalue weighted by atomic mass is 16.5. The van der Waals surface area contributed by atoms with Gasteiger partial charge in [-0.25, -0.2) is 0 Å². The van der Waals surface area contributed by atoms with Crippen molar-refractivity contribution >= 4 is 11.6 Å². The average molecular weight is 277 g/mol. The van der Waals surface area contributed by atoms with Gasteiger partial charge >= 0.3 is 0 Å². The molecule has 0 heterocycles. The molecule has 0 spiro atoms. The SMILES string of the molecule is COCCNC(=O)CN(Cc1ccccc1N)C1CC1. The normalized spacial score (nSPS) is 14.5. The molecule has 5 nitrogen and oxygen atoms in total. The molecule has 2 rings (SSSR count). The van der Waals surface area contributed by atoms with E-state index >= 15 is 0 Å². The van der Waals surface area contributed by atoms with Crippen LogP contribution in [0.1, 0.15) is 18.4 Å². The van der Waals surface area contributed by atoms with Gasteiger partial charge in [-0.15, -0.1) is 0 Å². The zero-order valence-electron chi connectivity index (χ0n) is 12.0. The topological polar surface area (TPSA) is 67.6 Å². The number of hydrogen-bond donors (Lipinski definition) is 2. The van der Waals surface area contributed by atoms with Crippen LogP contribution in [-0.2, 0) is 16.1 Å². The molecular formula is C15H23N3O2. The summed E-state index contributed by atoms with van der Waals surface area (Å²) in [5.41, 5.74) is 7.85. The molecule has 1 amide bonds. The van der Waals surface area contributed by atoms with Gasteiger partial charge in [0.25, 0.3) is 0 Å². The molecule has 0 bridgehead atoms. The Morgan fingerprint density at radius 3 is 2.85 bits per heavy atom. The van der Waals surface area contributed by atoms with E-state index in [-0.39, 0.29) is 5.91 Å². The molecule has 1 aromatic carbocycles. The minimum atomic E-state index is 0.0449. The molecule has 1 aromatic rings. The molecule has 0 saturated heterocycles. The zero-order chi connectivity index (χ0) is 14.4. The van der Waals surface area contributed by atoms with Crippen molar-refractivity contribution in [2.45, 2.75) is 25.4 Å². The van der Waals surface area contributed by atoms with Crippen LogP contribution in [0.15, 0.2) is 24.3 Å². The number of carbonyl (C=O) groups excluding carboxylic acids is 1. The number of hydrogen-bond acceptors (Lipinski definition) is 4. The van der Waals surface area contributed by atoms with Gasteiger partial charge in [0.1, 0.15) is 0 Å². The molecule has 1 aliphatic rings. The Kier molecular flexibility index (Phi) is 5.38. The van der Waals surface area contributed by atoms with Crippen molar-refractivity contribution in [3.8, 4) is 0 Å². The maximum absolute atomic E-state index is 11.9. The first kappa shape index (κ1) is 14.8. The van der Waals surface area contributed by atoms with E-state index in [1.165, 1.54) is 0 Å². The second-order valence-corrected chi connectivity index (χ2v) is 5.18. The smallest absolute Gasteiger partial charge is 0.234 e. The summed E-state index contributed by atoms with van der Waals surface area (Å²) in [6.45, 7) is 2.25. The van der Waals surface area contributed by atoms with Crippen molar-refractivity contribution in [2.24, 2.45) is 0 Å². The standard InChI is InChI=1S/C15H23N3O2/c1-20-9-8-17-15(19)11-18(13-6-7-13)10-12-4-2-3-5-14(12)16/h2-5,13H,6-11,16H2,1H3,(H,17,19). The number of ether oxygens (including phenoxy) is 1. The van der Waals surface area contributed by atoms with E-state index in [1.807, 2.05) is 24.3 Å². The number of amides is 1. The molecule has 0 aliphatic heterocycles. The van der Waals surface area contributed by atoms with Gasteiger partial charge in [0.05, 0.1) is 13.2 Å². The first-order valence-electron chi connectivity index (χ1n) is 7.03. The summed E-state index contributed by atoms with van der Waals surface area (Å²) in [5.74, 6) is 0.0449. The van der Waals surface area contributed by atoms with Crippen molar-refractivity contribution in [1.82, 2.24) is 10.2 Å². The molecule has 0 aromatic heterocycles. The van der Waals surface area contributed by atoms with Gasteiger partial charge in [0, 0.05) is 31.9 Å². The first-order chi connectivity index (χ1) is 9.70. The van der Waals surface area contributed by atoms with E-state index in [1.54, 1.807) is 7.11 Å². The Labute approximate surface area is 120 Å². The van der Waals surface area contributed by atoms with Gasteiger partial charge < -0.3 is 15.8 Å². The van der Waals surface area contributed by atoms with E-state index in [4.69, 9.17) is 10.5 Å². The Bertz CT molecular complexity index is 446. The second kappa shape index (κ2) is 7.26. The molecule has 0 atom stereocenters. The van der Waals surface area contributed by atoms with E-state index in [2.05, 4.69) is 10.2 Å². The van der Waals surface area contributed by atoms with Gasteiger partial charge in [0.15, 0.2) is 0 Å². The molecule has 1 fully saturated rings. The fourth-order valence-corrected chi connectivity index (χ4v) is 2.18. The van der Waals surface area contributed by atoms with E-state index < -0.39 is 0 Å². The minimum absolute atomic E-state index is 0.0449. The van der Waals surface area contributed by atoms with E-state index in [9.17, 15) is 4.79 Å². The molecule has 1 aliphatic carbocycles. The summed E-state index contributed by atoms with van der Waals surface area (Å²) in [6, 6.07) is 8.35. The molecule has 3 N–H and O–H groups in total. The third-order valence-electron chi connectivity index (χ3n) is 3.47. The summed E-state index contributed by atoms with van der Waals surface area (Å²) >= 11 is 0.